The van der Waals surface area contributed by atoms with Crippen molar-refractivity contribution < 1.29 is 8.42 Å². The van der Waals surface area contributed by atoms with Crippen LogP contribution in [0.3, 0.4) is 0 Å². The van der Waals surface area contributed by atoms with Crippen molar-refractivity contribution in [3.05, 3.63) is 64.4 Å². The maximum absolute atomic E-state index is 12.6. The predicted octanol–water partition coefficient (Wildman–Crippen LogP) is 3.74. The summed E-state index contributed by atoms with van der Waals surface area (Å²) in [5.41, 5.74) is 2.45. The van der Waals surface area contributed by atoms with Gasteiger partial charge in [-0.05, 0) is 35.9 Å². The van der Waals surface area contributed by atoms with Gasteiger partial charge in [0, 0.05) is 34.4 Å². The average Bonchev–Trinajstić information content (AvgIpc) is 3.28. The van der Waals surface area contributed by atoms with Crippen LogP contribution in [0.15, 0.2) is 53.7 Å². The predicted molar refractivity (Wildman–Crippen MR) is 104 cm³/mol. The first-order chi connectivity index (χ1) is 12.9. The molecule has 3 N–H and O–H groups in total. The number of hydrogen-bond donors (Lipinski definition) is 3. The van der Waals surface area contributed by atoms with E-state index in [4.69, 9.17) is 23.2 Å². The van der Waals surface area contributed by atoms with Crippen molar-refractivity contribution >= 4 is 44.3 Å². The molecule has 0 amide bonds. The van der Waals surface area contributed by atoms with E-state index in [0.717, 1.165) is 5.39 Å². The molecule has 4 aromatic rings. The van der Waals surface area contributed by atoms with Crippen molar-refractivity contribution in [2.24, 2.45) is 0 Å². The fourth-order valence-electron chi connectivity index (χ4n) is 2.65. The van der Waals surface area contributed by atoms with E-state index in [2.05, 4.69) is 24.9 Å². The highest BCUT2D eigenvalue weighted by atomic mass is 35.5. The SMILES string of the molecule is O=S(=O)(NCc1ccc(Cl)cc1Cl)c1c[nH]c(-c2[nH]nc3ncccc23)c1. The average molecular weight is 422 g/mol. The summed E-state index contributed by atoms with van der Waals surface area (Å²) >= 11 is 11.9. The molecule has 0 aliphatic carbocycles. The Morgan fingerprint density at radius 1 is 1.15 bits per heavy atom. The molecule has 4 rings (SSSR count). The second-order valence-electron chi connectivity index (χ2n) is 5.78. The molecule has 0 atom stereocenters. The molecule has 0 saturated carbocycles. The van der Waals surface area contributed by atoms with Crippen LogP contribution < -0.4 is 4.72 Å². The van der Waals surface area contributed by atoms with Gasteiger partial charge in [-0.2, -0.15) is 5.10 Å². The van der Waals surface area contributed by atoms with Crippen LogP contribution in [0.5, 0.6) is 0 Å². The van der Waals surface area contributed by atoms with E-state index in [1.165, 1.54) is 12.3 Å². The van der Waals surface area contributed by atoms with Gasteiger partial charge in [0.25, 0.3) is 0 Å². The fraction of sp³-hybridized carbons (Fsp3) is 0.0588. The summed E-state index contributed by atoms with van der Waals surface area (Å²) in [4.78, 5) is 7.22. The highest BCUT2D eigenvalue weighted by Gasteiger charge is 2.18. The maximum atomic E-state index is 12.6. The molecule has 0 unspecified atom stereocenters. The third-order valence-electron chi connectivity index (χ3n) is 4.03. The first-order valence-corrected chi connectivity index (χ1v) is 10.1. The number of aromatic nitrogens is 4. The molecule has 0 radical (unpaired) electrons. The standard InChI is InChI=1S/C17H13Cl2N5O2S/c18-11-4-3-10(14(19)6-11)8-22-27(25,26)12-7-15(21-9-12)16-13-2-1-5-20-17(13)24-23-16/h1-7,9,21-22H,8H2,(H,20,23,24). The Morgan fingerprint density at radius 3 is 2.81 bits per heavy atom. The van der Waals surface area contributed by atoms with Gasteiger partial charge < -0.3 is 4.98 Å². The summed E-state index contributed by atoms with van der Waals surface area (Å²) in [6.07, 6.45) is 3.06. The fourth-order valence-corrected chi connectivity index (χ4v) is 4.13. The van der Waals surface area contributed by atoms with Gasteiger partial charge in [-0.1, -0.05) is 29.3 Å². The molecule has 0 bridgehead atoms. The molecule has 138 valence electrons. The van der Waals surface area contributed by atoms with Gasteiger partial charge in [-0.15, -0.1) is 0 Å². The molecule has 0 fully saturated rings. The molecular weight excluding hydrogens is 409 g/mol. The summed E-state index contributed by atoms with van der Waals surface area (Å²) in [5, 5.41) is 8.67. The van der Waals surface area contributed by atoms with Gasteiger partial charge in [0.05, 0.1) is 11.4 Å². The van der Waals surface area contributed by atoms with Crippen LogP contribution in [-0.2, 0) is 16.6 Å². The van der Waals surface area contributed by atoms with Crippen LogP contribution >= 0.6 is 23.2 Å². The molecule has 1 aromatic carbocycles. The van der Waals surface area contributed by atoms with Crippen molar-refractivity contribution in [3.8, 4) is 11.4 Å². The van der Waals surface area contributed by atoms with E-state index in [1.54, 1.807) is 30.5 Å². The third kappa shape index (κ3) is 3.57. The number of rotatable bonds is 5. The summed E-state index contributed by atoms with van der Waals surface area (Å²) in [6.45, 7) is 0.0513. The molecule has 3 heterocycles. The second-order valence-corrected chi connectivity index (χ2v) is 8.39. The number of nitrogens with zero attached hydrogens (tertiary/aromatic N) is 2. The van der Waals surface area contributed by atoms with E-state index < -0.39 is 10.0 Å². The van der Waals surface area contributed by atoms with E-state index in [0.29, 0.717) is 32.6 Å². The van der Waals surface area contributed by atoms with E-state index in [9.17, 15) is 8.42 Å². The lowest BCUT2D eigenvalue weighted by atomic mass is 10.2. The van der Waals surface area contributed by atoms with Crippen molar-refractivity contribution in [1.29, 1.82) is 0 Å². The maximum Gasteiger partial charge on any atom is 0.242 e. The lowest BCUT2D eigenvalue weighted by Gasteiger charge is -2.07. The number of nitrogens with one attached hydrogen (secondary N) is 3. The molecule has 7 nitrogen and oxygen atoms in total. The first-order valence-electron chi connectivity index (χ1n) is 7.85. The van der Waals surface area contributed by atoms with Crippen molar-refractivity contribution in [3.63, 3.8) is 0 Å². The van der Waals surface area contributed by atoms with E-state index >= 15 is 0 Å². The minimum absolute atomic E-state index is 0.0513. The molecule has 3 aromatic heterocycles. The van der Waals surface area contributed by atoms with Crippen molar-refractivity contribution in [1.82, 2.24) is 24.9 Å². The summed E-state index contributed by atoms with van der Waals surface area (Å²) < 4.78 is 27.7. The minimum atomic E-state index is -3.73. The third-order valence-corrected chi connectivity index (χ3v) is 6.00. The van der Waals surface area contributed by atoms with Gasteiger partial charge in [0.2, 0.25) is 10.0 Å². The molecular formula is C17H13Cl2N5O2S. The number of halogens is 2. The number of sulfonamides is 1. The van der Waals surface area contributed by atoms with Crippen LogP contribution in [0.4, 0.5) is 0 Å². The Hall–Kier alpha value is -2.39. The van der Waals surface area contributed by atoms with Gasteiger partial charge in [0.1, 0.15) is 4.90 Å². The molecule has 0 spiro atoms. The number of H-pyrrole nitrogens is 2. The molecule has 0 saturated heterocycles. The first kappa shape index (κ1) is 18.0. The van der Waals surface area contributed by atoms with Crippen molar-refractivity contribution in [2.45, 2.75) is 11.4 Å². The second kappa shape index (κ2) is 6.97. The van der Waals surface area contributed by atoms with Gasteiger partial charge in [-0.3, -0.25) is 5.10 Å². The van der Waals surface area contributed by atoms with E-state index in [-0.39, 0.29) is 11.4 Å². The Labute approximate surface area is 164 Å². The van der Waals surface area contributed by atoms with Crippen LogP contribution in [0.2, 0.25) is 10.0 Å². The van der Waals surface area contributed by atoms with Crippen LogP contribution in [0.25, 0.3) is 22.4 Å². The zero-order valence-electron chi connectivity index (χ0n) is 13.7. The molecule has 0 aliphatic heterocycles. The highest BCUT2D eigenvalue weighted by molar-refractivity contribution is 7.89. The molecule has 27 heavy (non-hydrogen) atoms. The van der Waals surface area contributed by atoms with E-state index in [1.807, 2.05) is 6.07 Å². The van der Waals surface area contributed by atoms with Crippen LogP contribution in [-0.4, -0.2) is 28.6 Å². The number of pyridine rings is 1. The van der Waals surface area contributed by atoms with Crippen molar-refractivity contribution in [2.75, 3.05) is 0 Å². The lowest BCUT2D eigenvalue weighted by molar-refractivity contribution is 0.581. The Balaban J connectivity index is 1.58. The number of aromatic amines is 2. The molecule has 0 aliphatic rings. The zero-order chi connectivity index (χ0) is 19.0. The normalized spacial score (nSPS) is 11.9. The summed E-state index contributed by atoms with van der Waals surface area (Å²) in [7, 11) is -3.73. The Morgan fingerprint density at radius 2 is 2.00 bits per heavy atom. The van der Waals surface area contributed by atoms with Crippen LogP contribution in [0.1, 0.15) is 5.56 Å². The topological polar surface area (TPSA) is 104 Å². The number of fused-ring (bicyclic) bond motifs is 1. The van der Waals surface area contributed by atoms with Gasteiger partial charge in [0.15, 0.2) is 5.65 Å². The van der Waals surface area contributed by atoms with Gasteiger partial charge >= 0.3 is 0 Å². The van der Waals surface area contributed by atoms with Crippen LogP contribution in [0, 0.1) is 0 Å². The highest BCUT2D eigenvalue weighted by Crippen LogP contribution is 2.26. The largest absolute Gasteiger partial charge is 0.359 e. The number of benzene rings is 1. The smallest absolute Gasteiger partial charge is 0.242 e. The van der Waals surface area contributed by atoms with Gasteiger partial charge in [-0.25, -0.2) is 18.1 Å². The lowest BCUT2D eigenvalue weighted by Crippen LogP contribution is -2.23. The Kier molecular flexibility index (Phi) is 4.65. The Bertz CT molecular complexity index is 1230. The molecule has 10 heteroatoms. The number of hydrogen-bond acceptors (Lipinski definition) is 4. The zero-order valence-corrected chi connectivity index (χ0v) is 16.0. The quantitative estimate of drug-likeness (QED) is 0.456. The minimum Gasteiger partial charge on any atom is -0.359 e. The summed E-state index contributed by atoms with van der Waals surface area (Å²) in [5.74, 6) is 0. The summed E-state index contributed by atoms with van der Waals surface area (Å²) in [6, 6.07) is 10.1. The monoisotopic (exact) mass is 421 g/mol.